The van der Waals surface area contributed by atoms with Crippen LogP contribution in [-0.2, 0) is 13.0 Å². The molecule has 180 valence electrons. The summed E-state index contributed by atoms with van der Waals surface area (Å²) < 4.78 is 9.93. The van der Waals surface area contributed by atoms with Crippen LogP contribution < -0.4 is 10.1 Å². The van der Waals surface area contributed by atoms with Crippen molar-refractivity contribution in [2.45, 2.75) is 25.8 Å². The van der Waals surface area contributed by atoms with Crippen LogP contribution in [0, 0.1) is 0 Å². The quantitative estimate of drug-likeness (QED) is 0.277. The number of benzene rings is 3. The van der Waals surface area contributed by atoms with Crippen LogP contribution in [0.3, 0.4) is 0 Å². The molecule has 0 unspecified atom stereocenters. The molecular weight excluding hydrogens is 470 g/mol. The zero-order valence-corrected chi connectivity index (χ0v) is 20.8. The summed E-state index contributed by atoms with van der Waals surface area (Å²) in [5, 5.41) is 3.82. The number of hydrogen-bond acceptors (Lipinski definition) is 2. The lowest BCUT2D eigenvalue weighted by molar-refractivity contribution is 0.102. The van der Waals surface area contributed by atoms with E-state index in [4.69, 9.17) is 16.3 Å². The lowest BCUT2D eigenvalue weighted by Gasteiger charge is -2.12. The first kappa shape index (κ1) is 22.5. The maximum absolute atomic E-state index is 14.0. The molecule has 1 N–H and O–H groups in total. The van der Waals surface area contributed by atoms with Crippen molar-refractivity contribution in [1.29, 1.82) is 0 Å². The van der Waals surface area contributed by atoms with Gasteiger partial charge in [0, 0.05) is 28.9 Å². The number of para-hydroxylation sites is 2. The molecule has 5 aromatic rings. The molecule has 1 aliphatic rings. The first-order valence-corrected chi connectivity index (χ1v) is 12.6. The molecule has 6 rings (SSSR count). The van der Waals surface area contributed by atoms with Gasteiger partial charge < -0.3 is 14.6 Å². The normalized spacial score (nSPS) is 12.9. The van der Waals surface area contributed by atoms with Crippen LogP contribution in [0.25, 0.3) is 28.0 Å². The van der Waals surface area contributed by atoms with Crippen LogP contribution in [0.1, 0.15) is 28.9 Å². The third-order valence-electron chi connectivity index (χ3n) is 6.91. The average Bonchev–Trinajstić information content (AvgIpc) is 3.33. The van der Waals surface area contributed by atoms with Crippen molar-refractivity contribution in [2.24, 2.45) is 0 Å². The molecule has 3 heterocycles. The van der Waals surface area contributed by atoms with Gasteiger partial charge in [-0.2, -0.15) is 0 Å². The summed E-state index contributed by atoms with van der Waals surface area (Å²) in [7, 11) is 1.61. The third kappa shape index (κ3) is 3.76. The molecule has 0 saturated carbocycles. The van der Waals surface area contributed by atoms with Crippen LogP contribution in [0.15, 0.2) is 85.1 Å². The molecule has 0 saturated heterocycles. The smallest absolute Gasteiger partial charge is 0.273 e. The van der Waals surface area contributed by atoms with Gasteiger partial charge in [-0.1, -0.05) is 66.2 Å². The number of amides is 1. The highest BCUT2D eigenvalue weighted by atomic mass is 35.5. The third-order valence-corrected chi connectivity index (χ3v) is 7.16. The van der Waals surface area contributed by atoms with E-state index in [0.717, 1.165) is 53.8 Å². The number of aromatic nitrogens is 2. The maximum atomic E-state index is 14.0. The molecule has 0 radical (unpaired) electrons. The van der Waals surface area contributed by atoms with Crippen LogP contribution >= 0.6 is 11.6 Å². The summed E-state index contributed by atoms with van der Waals surface area (Å²) in [5.41, 5.74) is 7.77. The van der Waals surface area contributed by atoms with Gasteiger partial charge in [-0.25, -0.2) is 0 Å². The average molecular weight is 496 g/mol. The molecule has 36 heavy (non-hydrogen) atoms. The molecular formula is C30H26ClN3O2. The molecule has 0 spiro atoms. The Balaban J connectivity index is 1.60. The van der Waals surface area contributed by atoms with Gasteiger partial charge in [0.25, 0.3) is 5.91 Å². The minimum Gasteiger partial charge on any atom is -0.495 e. The zero-order valence-electron chi connectivity index (χ0n) is 20.0. The Hall–Kier alpha value is -3.96. The maximum Gasteiger partial charge on any atom is 0.273 e. The van der Waals surface area contributed by atoms with Crippen molar-refractivity contribution < 1.29 is 9.53 Å². The minimum absolute atomic E-state index is 0.167. The number of halogens is 1. The van der Waals surface area contributed by atoms with E-state index < -0.39 is 0 Å². The number of rotatable bonds is 5. The molecule has 0 bridgehead atoms. The number of aryl methyl sites for hydroxylation is 2. The highest BCUT2D eigenvalue weighted by Crippen LogP contribution is 2.40. The van der Waals surface area contributed by atoms with Crippen molar-refractivity contribution in [2.75, 3.05) is 12.4 Å². The number of methoxy groups -OCH3 is 1. The number of anilines is 1. The summed E-state index contributed by atoms with van der Waals surface area (Å²) >= 11 is 6.17. The van der Waals surface area contributed by atoms with E-state index in [1.54, 1.807) is 7.11 Å². The Morgan fingerprint density at radius 3 is 2.44 bits per heavy atom. The second kappa shape index (κ2) is 9.25. The van der Waals surface area contributed by atoms with E-state index in [1.807, 2.05) is 66.7 Å². The molecule has 2 aromatic heterocycles. The van der Waals surface area contributed by atoms with E-state index in [1.165, 1.54) is 5.56 Å². The Morgan fingerprint density at radius 1 is 0.917 bits per heavy atom. The number of carbonyl (C=O) groups excluding carboxylic acids is 1. The Labute approximate surface area is 214 Å². The number of hydrogen-bond donors (Lipinski definition) is 1. The lowest BCUT2D eigenvalue weighted by atomic mass is 9.98. The predicted octanol–water partition coefficient (Wildman–Crippen LogP) is 7.33. The fourth-order valence-electron chi connectivity index (χ4n) is 5.31. The van der Waals surface area contributed by atoms with Crippen molar-refractivity contribution >= 4 is 28.8 Å². The van der Waals surface area contributed by atoms with Crippen molar-refractivity contribution in [3.8, 4) is 28.1 Å². The number of nitrogens with one attached hydrogen (secondary N) is 1. The van der Waals surface area contributed by atoms with Gasteiger partial charge in [-0.3, -0.25) is 9.20 Å². The summed E-state index contributed by atoms with van der Waals surface area (Å²) in [6.45, 7) is 0.896. The Bertz CT molecular complexity index is 1570. The number of imidazole rings is 1. The van der Waals surface area contributed by atoms with E-state index >= 15 is 0 Å². The molecule has 1 amide bonds. The summed E-state index contributed by atoms with van der Waals surface area (Å²) in [4.78, 5) is 14.0. The second-order valence-electron chi connectivity index (χ2n) is 9.05. The fraction of sp³-hybridized carbons (Fsp3) is 0.167. The molecule has 6 heteroatoms. The van der Waals surface area contributed by atoms with Crippen LogP contribution in [-0.4, -0.2) is 22.0 Å². The van der Waals surface area contributed by atoms with Crippen molar-refractivity contribution in [3.63, 3.8) is 0 Å². The van der Waals surface area contributed by atoms with Crippen LogP contribution in [0.5, 0.6) is 5.75 Å². The molecule has 1 aliphatic heterocycles. The number of ether oxygens (including phenoxy) is 1. The van der Waals surface area contributed by atoms with E-state index in [9.17, 15) is 4.79 Å². The molecule has 0 atom stereocenters. The van der Waals surface area contributed by atoms with E-state index in [2.05, 4.69) is 32.6 Å². The highest BCUT2D eigenvalue weighted by molar-refractivity contribution is 6.30. The SMILES string of the molecule is COc1ccccc1NC(=O)c1c(-c2ccccc2)c2c3n(c(-c4ccc(Cl)cc4)cn13)CCCC2. The van der Waals surface area contributed by atoms with Gasteiger partial charge in [-0.15, -0.1) is 0 Å². The highest BCUT2D eigenvalue weighted by Gasteiger charge is 2.29. The van der Waals surface area contributed by atoms with Gasteiger partial charge >= 0.3 is 0 Å². The summed E-state index contributed by atoms with van der Waals surface area (Å²) in [6, 6.07) is 25.6. The minimum atomic E-state index is -0.167. The Kier molecular flexibility index (Phi) is 5.78. The summed E-state index contributed by atoms with van der Waals surface area (Å²) in [5.74, 6) is 0.459. The Morgan fingerprint density at radius 2 is 1.67 bits per heavy atom. The molecule has 0 fully saturated rings. The van der Waals surface area contributed by atoms with Crippen LogP contribution in [0.4, 0.5) is 5.69 Å². The van der Waals surface area contributed by atoms with Gasteiger partial charge in [0.2, 0.25) is 0 Å². The molecule has 5 nitrogen and oxygen atoms in total. The van der Waals surface area contributed by atoms with Crippen LogP contribution in [0.2, 0.25) is 5.02 Å². The van der Waals surface area contributed by atoms with Gasteiger partial charge in [0.15, 0.2) is 0 Å². The first-order valence-electron chi connectivity index (χ1n) is 12.2. The molecule has 3 aromatic carbocycles. The zero-order chi connectivity index (χ0) is 24.6. The first-order chi connectivity index (χ1) is 17.7. The lowest BCUT2D eigenvalue weighted by Crippen LogP contribution is -2.16. The number of nitrogens with zero attached hydrogens (tertiary/aromatic N) is 2. The van der Waals surface area contributed by atoms with E-state index in [0.29, 0.717) is 22.2 Å². The number of carbonyl (C=O) groups is 1. The van der Waals surface area contributed by atoms with Crippen molar-refractivity contribution in [1.82, 2.24) is 8.97 Å². The van der Waals surface area contributed by atoms with Gasteiger partial charge in [0.1, 0.15) is 17.1 Å². The summed E-state index contributed by atoms with van der Waals surface area (Å²) in [6.07, 6.45) is 5.15. The largest absolute Gasteiger partial charge is 0.495 e. The van der Waals surface area contributed by atoms with Crippen molar-refractivity contribution in [3.05, 3.63) is 101 Å². The van der Waals surface area contributed by atoms with Gasteiger partial charge in [-0.05, 0) is 54.7 Å². The monoisotopic (exact) mass is 495 g/mol. The molecule has 0 aliphatic carbocycles. The predicted molar refractivity (Wildman–Crippen MR) is 145 cm³/mol. The van der Waals surface area contributed by atoms with E-state index in [-0.39, 0.29) is 5.91 Å². The fourth-order valence-corrected chi connectivity index (χ4v) is 5.43. The topological polar surface area (TPSA) is 47.7 Å². The second-order valence-corrected chi connectivity index (χ2v) is 9.48. The standard InChI is InChI=1S/C30H26ClN3O2/c1-36-26-13-6-5-12-24(26)32-29(35)28-27(21-9-3-2-4-10-21)23-11-7-8-18-33-25(19-34(28)30(23)33)20-14-16-22(31)17-15-20/h2-6,9-10,12-17,19H,7-8,11,18H2,1H3,(H,32,35). The van der Waals surface area contributed by atoms with Gasteiger partial charge in [0.05, 0.1) is 18.5 Å².